The molecule has 0 spiro atoms. The maximum absolute atomic E-state index is 14.3. The van der Waals surface area contributed by atoms with Gasteiger partial charge in [-0.2, -0.15) is 13.2 Å². The SMILES string of the molecule is O=C(c1nc2n(n1)C(c1ccccc1)CC2F)N1CCCC1C(F)(F)F. The van der Waals surface area contributed by atoms with Crippen molar-refractivity contribution in [2.45, 2.75) is 43.7 Å². The summed E-state index contributed by atoms with van der Waals surface area (Å²) in [5.74, 6) is -1.28. The molecule has 1 aromatic carbocycles. The zero-order chi connectivity index (χ0) is 18.5. The fraction of sp³-hybridized carbons (Fsp3) is 0.471. The average Bonchev–Trinajstić information content (AvgIpc) is 3.31. The number of aromatic nitrogens is 3. The molecule has 2 aliphatic rings. The summed E-state index contributed by atoms with van der Waals surface area (Å²) in [6, 6.07) is 6.81. The molecular weight excluding hydrogens is 352 g/mol. The van der Waals surface area contributed by atoms with Gasteiger partial charge in [0.15, 0.2) is 12.0 Å². The molecule has 0 N–H and O–H groups in total. The van der Waals surface area contributed by atoms with E-state index < -0.39 is 30.3 Å². The lowest BCUT2D eigenvalue weighted by molar-refractivity contribution is -0.169. The second-order valence-corrected chi connectivity index (χ2v) is 6.57. The topological polar surface area (TPSA) is 51.0 Å². The monoisotopic (exact) mass is 368 g/mol. The Balaban J connectivity index is 1.64. The van der Waals surface area contributed by atoms with Crippen molar-refractivity contribution in [1.29, 1.82) is 0 Å². The molecule has 0 radical (unpaired) electrons. The van der Waals surface area contributed by atoms with E-state index in [1.807, 2.05) is 30.3 Å². The number of fused-ring (bicyclic) bond motifs is 1. The van der Waals surface area contributed by atoms with Crippen LogP contribution in [0, 0.1) is 0 Å². The van der Waals surface area contributed by atoms with Crippen LogP contribution in [0.25, 0.3) is 0 Å². The summed E-state index contributed by atoms with van der Waals surface area (Å²) >= 11 is 0. The Morgan fingerprint density at radius 2 is 1.92 bits per heavy atom. The molecule has 0 saturated carbocycles. The highest BCUT2D eigenvalue weighted by Gasteiger charge is 2.49. The van der Waals surface area contributed by atoms with Crippen molar-refractivity contribution in [3.8, 4) is 0 Å². The van der Waals surface area contributed by atoms with Gasteiger partial charge in [-0.3, -0.25) is 4.79 Å². The van der Waals surface area contributed by atoms with Crippen LogP contribution in [0.2, 0.25) is 0 Å². The molecule has 3 unspecified atom stereocenters. The van der Waals surface area contributed by atoms with Gasteiger partial charge in [0.05, 0.1) is 6.04 Å². The maximum Gasteiger partial charge on any atom is 0.408 e. The van der Waals surface area contributed by atoms with Gasteiger partial charge in [0.1, 0.15) is 6.04 Å². The summed E-state index contributed by atoms with van der Waals surface area (Å²) in [4.78, 5) is 17.2. The normalized spacial score (nSPS) is 25.5. The number of halogens is 4. The number of rotatable bonds is 2. The number of carbonyl (C=O) groups excluding carboxylic acids is 1. The molecule has 5 nitrogen and oxygen atoms in total. The fourth-order valence-corrected chi connectivity index (χ4v) is 3.70. The zero-order valence-electron chi connectivity index (χ0n) is 13.7. The third kappa shape index (κ3) is 2.75. The van der Waals surface area contributed by atoms with E-state index in [0.29, 0.717) is 0 Å². The van der Waals surface area contributed by atoms with Gasteiger partial charge >= 0.3 is 6.18 Å². The number of benzene rings is 1. The van der Waals surface area contributed by atoms with Gasteiger partial charge in [-0.05, 0) is 18.4 Å². The molecule has 1 amide bonds. The number of amides is 1. The van der Waals surface area contributed by atoms with Crippen LogP contribution >= 0.6 is 0 Å². The van der Waals surface area contributed by atoms with Crippen LogP contribution in [0.4, 0.5) is 17.6 Å². The number of carbonyl (C=O) groups is 1. The van der Waals surface area contributed by atoms with Gasteiger partial charge in [-0.25, -0.2) is 14.1 Å². The number of alkyl halides is 4. The smallest absolute Gasteiger partial charge is 0.324 e. The summed E-state index contributed by atoms with van der Waals surface area (Å²) < 4.78 is 55.0. The molecule has 1 aromatic heterocycles. The summed E-state index contributed by atoms with van der Waals surface area (Å²) in [7, 11) is 0. The van der Waals surface area contributed by atoms with Crippen LogP contribution in [0.5, 0.6) is 0 Å². The molecule has 26 heavy (non-hydrogen) atoms. The maximum atomic E-state index is 14.3. The predicted molar refractivity (Wildman–Crippen MR) is 83.2 cm³/mol. The Morgan fingerprint density at radius 3 is 2.62 bits per heavy atom. The molecule has 3 atom stereocenters. The number of likely N-dealkylation sites (tertiary alicyclic amines) is 1. The van der Waals surface area contributed by atoms with Crippen molar-refractivity contribution in [3.05, 3.63) is 47.5 Å². The van der Waals surface area contributed by atoms with E-state index in [1.165, 1.54) is 4.68 Å². The summed E-state index contributed by atoms with van der Waals surface area (Å²) in [5.41, 5.74) is 0.812. The van der Waals surface area contributed by atoms with Crippen LogP contribution in [0.1, 0.15) is 53.5 Å². The van der Waals surface area contributed by atoms with Crippen molar-refractivity contribution in [2.75, 3.05) is 6.54 Å². The number of nitrogens with zero attached hydrogens (tertiary/aromatic N) is 4. The van der Waals surface area contributed by atoms with Crippen LogP contribution in [0.15, 0.2) is 30.3 Å². The lowest BCUT2D eigenvalue weighted by Crippen LogP contribution is -2.45. The van der Waals surface area contributed by atoms with Crippen molar-refractivity contribution in [1.82, 2.24) is 19.7 Å². The Kier molecular flexibility index (Phi) is 3.96. The highest BCUT2D eigenvalue weighted by Crippen LogP contribution is 2.40. The van der Waals surface area contributed by atoms with Crippen molar-refractivity contribution in [3.63, 3.8) is 0 Å². The van der Waals surface area contributed by atoms with E-state index >= 15 is 0 Å². The van der Waals surface area contributed by atoms with Crippen molar-refractivity contribution < 1.29 is 22.4 Å². The van der Waals surface area contributed by atoms with Gasteiger partial charge in [0.25, 0.3) is 5.91 Å². The van der Waals surface area contributed by atoms with Crippen molar-refractivity contribution >= 4 is 5.91 Å². The fourth-order valence-electron chi connectivity index (χ4n) is 3.70. The van der Waals surface area contributed by atoms with E-state index in [0.717, 1.165) is 10.5 Å². The second kappa shape index (κ2) is 6.07. The Morgan fingerprint density at radius 1 is 1.19 bits per heavy atom. The van der Waals surface area contributed by atoms with Crippen LogP contribution in [0.3, 0.4) is 0 Å². The lowest BCUT2D eigenvalue weighted by atomic mass is 10.0. The standard InChI is InChI=1S/C17H16F4N4O/c18-11-9-12(10-5-2-1-3-6-10)25-15(11)22-14(23-25)16(26)24-8-4-7-13(24)17(19,20)21/h1-3,5-6,11-13H,4,7-9H2. The molecule has 0 bridgehead atoms. The van der Waals surface area contributed by atoms with Gasteiger partial charge in [-0.1, -0.05) is 30.3 Å². The molecule has 2 aliphatic heterocycles. The largest absolute Gasteiger partial charge is 0.408 e. The van der Waals surface area contributed by atoms with Gasteiger partial charge in [0, 0.05) is 13.0 Å². The van der Waals surface area contributed by atoms with E-state index in [4.69, 9.17) is 0 Å². The predicted octanol–water partition coefficient (Wildman–Crippen LogP) is 3.45. The van der Waals surface area contributed by atoms with E-state index in [9.17, 15) is 22.4 Å². The zero-order valence-corrected chi connectivity index (χ0v) is 13.7. The molecule has 3 heterocycles. The molecule has 2 aromatic rings. The molecule has 4 rings (SSSR count). The first kappa shape index (κ1) is 17.0. The van der Waals surface area contributed by atoms with E-state index in [-0.39, 0.29) is 37.5 Å². The second-order valence-electron chi connectivity index (χ2n) is 6.57. The minimum Gasteiger partial charge on any atom is -0.324 e. The highest BCUT2D eigenvalue weighted by molar-refractivity contribution is 5.91. The minimum atomic E-state index is -4.50. The first-order valence-corrected chi connectivity index (χ1v) is 8.39. The quantitative estimate of drug-likeness (QED) is 0.763. The Hall–Kier alpha value is -2.45. The number of hydrogen-bond acceptors (Lipinski definition) is 3. The lowest BCUT2D eigenvalue weighted by Gasteiger charge is -2.25. The summed E-state index contributed by atoms with van der Waals surface area (Å²) in [6.07, 6.45) is -5.64. The number of hydrogen-bond donors (Lipinski definition) is 0. The molecule has 1 fully saturated rings. The van der Waals surface area contributed by atoms with Crippen molar-refractivity contribution in [2.24, 2.45) is 0 Å². The summed E-state index contributed by atoms with van der Waals surface area (Å²) in [5, 5.41) is 4.07. The molecule has 9 heteroatoms. The molecule has 138 valence electrons. The third-order valence-electron chi connectivity index (χ3n) is 4.93. The van der Waals surface area contributed by atoms with E-state index in [1.54, 1.807) is 0 Å². The van der Waals surface area contributed by atoms with Crippen LogP contribution < -0.4 is 0 Å². The van der Waals surface area contributed by atoms with Crippen LogP contribution in [-0.4, -0.2) is 44.3 Å². The first-order valence-electron chi connectivity index (χ1n) is 8.39. The average molecular weight is 368 g/mol. The molecule has 1 saturated heterocycles. The first-order chi connectivity index (χ1) is 12.4. The van der Waals surface area contributed by atoms with Gasteiger partial charge in [0.2, 0.25) is 5.82 Å². The van der Waals surface area contributed by atoms with Crippen LogP contribution in [-0.2, 0) is 0 Å². The van der Waals surface area contributed by atoms with Gasteiger partial charge < -0.3 is 4.90 Å². The van der Waals surface area contributed by atoms with E-state index in [2.05, 4.69) is 10.1 Å². The Bertz CT molecular complexity index is 820. The Labute approximate surface area is 146 Å². The molecule has 0 aliphatic carbocycles. The minimum absolute atomic E-state index is 0.00590. The van der Waals surface area contributed by atoms with Gasteiger partial charge in [-0.15, -0.1) is 5.10 Å². The third-order valence-corrected chi connectivity index (χ3v) is 4.93. The molecular formula is C17H16F4N4O. The highest BCUT2D eigenvalue weighted by atomic mass is 19.4. The summed E-state index contributed by atoms with van der Waals surface area (Å²) in [6.45, 7) is -0.00590.